The van der Waals surface area contributed by atoms with Crippen molar-refractivity contribution in [2.75, 3.05) is 27.3 Å². The molecule has 0 atom stereocenters. The summed E-state index contributed by atoms with van der Waals surface area (Å²) in [5, 5.41) is 5.95. The van der Waals surface area contributed by atoms with Crippen LogP contribution < -0.4 is 14.8 Å². The molecule has 0 unspecified atom stereocenters. The van der Waals surface area contributed by atoms with Crippen LogP contribution in [-0.2, 0) is 0 Å². The van der Waals surface area contributed by atoms with Crippen LogP contribution in [0.1, 0.15) is 10.4 Å². The van der Waals surface area contributed by atoms with Gasteiger partial charge in [0.2, 0.25) is 0 Å². The zero-order valence-corrected chi connectivity index (χ0v) is 10.2. The van der Waals surface area contributed by atoms with Crippen LogP contribution in [-0.4, -0.2) is 33.2 Å². The van der Waals surface area contributed by atoms with Crippen LogP contribution in [0.15, 0.2) is 23.3 Å². The van der Waals surface area contributed by atoms with E-state index in [9.17, 15) is 4.79 Å². The van der Waals surface area contributed by atoms with Crippen LogP contribution in [0, 0.1) is 0 Å². The second-order valence-electron chi connectivity index (χ2n) is 3.25. The van der Waals surface area contributed by atoms with Gasteiger partial charge in [-0.25, -0.2) is 0 Å². The maximum absolute atomic E-state index is 12.0. The number of nitrogens with one attached hydrogen (secondary N) is 1. The Morgan fingerprint density at radius 3 is 2.50 bits per heavy atom. The fraction of sp³-hybridized carbons (Fsp3) is 0.364. The molecule has 0 aliphatic rings. The van der Waals surface area contributed by atoms with Crippen molar-refractivity contribution in [3.05, 3.63) is 34.2 Å². The van der Waals surface area contributed by atoms with E-state index in [-0.39, 0.29) is 19.0 Å². The minimum atomic E-state index is -0.336. The smallest absolute Gasteiger partial charge is 0.258 e. The number of benzene rings is 1. The Kier molecular flexibility index (Phi) is 5.34. The summed E-state index contributed by atoms with van der Waals surface area (Å²) < 4.78 is 10.2. The predicted octanol–water partition coefficient (Wildman–Crippen LogP) is 1.74. The van der Waals surface area contributed by atoms with Gasteiger partial charge in [0.25, 0.3) is 5.91 Å². The molecule has 0 aliphatic carbocycles. The molecule has 7 heteroatoms. The van der Waals surface area contributed by atoms with Crippen molar-refractivity contribution in [3.8, 4) is 11.5 Å². The Morgan fingerprint density at radius 2 is 2.00 bits per heavy atom. The van der Waals surface area contributed by atoms with Crippen molar-refractivity contribution < 1.29 is 14.3 Å². The lowest BCUT2D eigenvalue weighted by molar-refractivity contribution is 0.0948. The summed E-state index contributed by atoms with van der Waals surface area (Å²) in [6.07, 6.45) is 0. The van der Waals surface area contributed by atoms with Crippen molar-refractivity contribution in [1.29, 1.82) is 0 Å². The largest absolute Gasteiger partial charge is 0.496 e. The van der Waals surface area contributed by atoms with Crippen molar-refractivity contribution in [3.63, 3.8) is 0 Å². The van der Waals surface area contributed by atoms with Gasteiger partial charge in [0.1, 0.15) is 17.1 Å². The lowest BCUT2D eigenvalue weighted by Gasteiger charge is -2.12. The highest BCUT2D eigenvalue weighted by molar-refractivity contribution is 5.99. The van der Waals surface area contributed by atoms with Gasteiger partial charge in [-0.05, 0) is 17.7 Å². The molecule has 1 aromatic carbocycles. The fourth-order valence-electron chi connectivity index (χ4n) is 1.43. The van der Waals surface area contributed by atoms with E-state index in [1.807, 2.05) is 0 Å². The number of rotatable bonds is 6. The quantitative estimate of drug-likeness (QED) is 0.360. The van der Waals surface area contributed by atoms with Crippen LogP contribution >= 0.6 is 0 Å². The first-order chi connectivity index (χ1) is 8.74. The van der Waals surface area contributed by atoms with E-state index in [4.69, 9.17) is 15.0 Å². The molecular weight excluding hydrogens is 236 g/mol. The maximum atomic E-state index is 12.0. The molecule has 7 nitrogen and oxygen atoms in total. The lowest BCUT2D eigenvalue weighted by Crippen LogP contribution is -2.26. The molecule has 1 N–H and O–H groups in total. The molecule has 0 fully saturated rings. The number of azide groups is 1. The normalized spacial score (nSPS) is 9.22. The van der Waals surface area contributed by atoms with Crippen molar-refractivity contribution in [1.82, 2.24) is 5.32 Å². The molecule has 1 aromatic rings. The minimum Gasteiger partial charge on any atom is -0.496 e. The van der Waals surface area contributed by atoms with Gasteiger partial charge in [0.15, 0.2) is 0 Å². The van der Waals surface area contributed by atoms with Crippen LogP contribution in [0.3, 0.4) is 0 Å². The molecule has 0 heterocycles. The number of ether oxygens (including phenoxy) is 2. The number of hydrogen-bond acceptors (Lipinski definition) is 4. The third kappa shape index (κ3) is 3.29. The van der Waals surface area contributed by atoms with Gasteiger partial charge >= 0.3 is 0 Å². The summed E-state index contributed by atoms with van der Waals surface area (Å²) in [5.74, 6) is 0.517. The lowest BCUT2D eigenvalue weighted by atomic mass is 10.1. The minimum absolute atomic E-state index is 0.194. The Labute approximate surface area is 104 Å². The van der Waals surface area contributed by atoms with Gasteiger partial charge in [0.05, 0.1) is 14.2 Å². The maximum Gasteiger partial charge on any atom is 0.258 e. The molecule has 0 aliphatic heterocycles. The summed E-state index contributed by atoms with van der Waals surface area (Å²) in [7, 11) is 2.96. The highest BCUT2D eigenvalue weighted by Gasteiger charge is 2.17. The summed E-state index contributed by atoms with van der Waals surface area (Å²) >= 11 is 0. The average Bonchev–Trinajstić information content (AvgIpc) is 2.42. The van der Waals surface area contributed by atoms with Gasteiger partial charge in [-0.15, -0.1) is 0 Å². The first-order valence-corrected chi connectivity index (χ1v) is 5.24. The molecule has 0 bridgehead atoms. The first kappa shape index (κ1) is 13.7. The third-order valence-electron chi connectivity index (χ3n) is 2.22. The molecule has 18 heavy (non-hydrogen) atoms. The fourth-order valence-corrected chi connectivity index (χ4v) is 1.43. The highest BCUT2D eigenvalue weighted by Crippen LogP contribution is 2.27. The molecule has 0 aromatic heterocycles. The number of carbonyl (C=O) groups excluding carboxylic acids is 1. The van der Waals surface area contributed by atoms with E-state index in [1.54, 1.807) is 18.2 Å². The topological polar surface area (TPSA) is 96.3 Å². The van der Waals surface area contributed by atoms with E-state index in [1.165, 1.54) is 14.2 Å². The molecule has 0 saturated carbocycles. The highest BCUT2D eigenvalue weighted by atomic mass is 16.5. The Hall–Kier alpha value is -2.40. The van der Waals surface area contributed by atoms with Gasteiger partial charge in [-0.2, -0.15) is 0 Å². The third-order valence-corrected chi connectivity index (χ3v) is 2.22. The molecule has 1 amide bonds. The van der Waals surface area contributed by atoms with Gasteiger partial charge in [-0.3, -0.25) is 4.79 Å². The number of hydrogen-bond donors (Lipinski definition) is 1. The average molecular weight is 250 g/mol. The number of carbonyl (C=O) groups is 1. The Bertz CT molecular complexity index is 447. The van der Waals surface area contributed by atoms with E-state index in [2.05, 4.69) is 15.3 Å². The van der Waals surface area contributed by atoms with E-state index >= 15 is 0 Å². The second-order valence-corrected chi connectivity index (χ2v) is 3.25. The summed E-state index contributed by atoms with van der Waals surface area (Å²) in [5.41, 5.74) is 8.44. The SMILES string of the molecule is COc1cccc(OC)c1C(=O)NCCN=[N+]=[N-]. The van der Waals surface area contributed by atoms with E-state index in [0.29, 0.717) is 17.1 Å². The zero-order chi connectivity index (χ0) is 13.4. The molecule has 96 valence electrons. The molecule has 0 radical (unpaired) electrons. The Morgan fingerprint density at radius 1 is 1.39 bits per heavy atom. The molecule has 1 rings (SSSR count). The van der Waals surface area contributed by atoms with Crippen molar-refractivity contribution >= 4 is 5.91 Å². The number of nitrogens with zero attached hydrogens (tertiary/aromatic N) is 3. The number of amides is 1. The zero-order valence-electron chi connectivity index (χ0n) is 10.2. The van der Waals surface area contributed by atoms with Crippen LogP contribution in [0.2, 0.25) is 0 Å². The van der Waals surface area contributed by atoms with Gasteiger partial charge < -0.3 is 14.8 Å². The monoisotopic (exact) mass is 250 g/mol. The van der Waals surface area contributed by atoms with Gasteiger partial charge in [0, 0.05) is 18.0 Å². The van der Waals surface area contributed by atoms with Crippen molar-refractivity contribution in [2.24, 2.45) is 5.11 Å². The molecule has 0 spiro atoms. The summed E-state index contributed by atoms with van der Waals surface area (Å²) in [4.78, 5) is 14.6. The molecular formula is C11H14N4O3. The Balaban J connectivity index is 2.85. The second kappa shape index (κ2) is 7.03. The van der Waals surface area contributed by atoms with Crippen LogP contribution in [0.4, 0.5) is 0 Å². The van der Waals surface area contributed by atoms with Gasteiger partial charge in [-0.1, -0.05) is 11.2 Å². The van der Waals surface area contributed by atoms with E-state index < -0.39 is 0 Å². The summed E-state index contributed by atoms with van der Waals surface area (Å²) in [6, 6.07) is 5.07. The van der Waals surface area contributed by atoms with Crippen molar-refractivity contribution in [2.45, 2.75) is 0 Å². The summed E-state index contributed by atoms with van der Waals surface area (Å²) in [6.45, 7) is 0.448. The first-order valence-electron chi connectivity index (χ1n) is 5.24. The predicted molar refractivity (Wildman–Crippen MR) is 65.9 cm³/mol. The van der Waals surface area contributed by atoms with Crippen LogP contribution in [0.5, 0.6) is 11.5 Å². The number of methoxy groups -OCH3 is 2. The van der Waals surface area contributed by atoms with Crippen LogP contribution in [0.25, 0.3) is 10.4 Å². The molecule has 0 saturated heterocycles. The standard InChI is InChI=1S/C11H14N4O3/c1-17-8-4-3-5-9(18-2)10(8)11(16)13-6-7-14-15-12/h3-5H,6-7H2,1-2H3,(H,13,16). The van der Waals surface area contributed by atoms with E-state index in [0.717, 1.165) is 0 Å².